The Balaban J connectivity index is 1.76. The van der Waals surface area contributed by atoms with E-state index in [1.165, 1.54) is 25.0 Å². The molecule has 1 aliphatic heterocycles. The molecule has 2 atom stereocenters. The summed E-state index contributed by atoms with van der Waals surface area (Å²) in [6, 6.07) is 2.82. The largest absolute Gasteiger partial charge is 0.376 e. The predicted octanol–water partition coefficient (Wildman–Crippen LogP) is 2.62. The second-order valence-corrected chi connectivity index (χ2v) is 5.39. The van der Waals surface area contributed by atoms with Gasteiger partial charge in [0.2, 0.25) is 0 Å². The lowest BCUT2D eigenvalue weighted by Crippen LogP contribution is -2.31. The van der Waals surface area contributed by atoms with Gasteiger partial charge in [-0.1, -0.05) is 11.6 Å². The Morgan fingerprint density at radius 1 is 1.42 bits per heavy atom. The summed E-state index contributed by atoms with van der Waals surface area (Å²) in [4.78, 5) is 14.4. The van der Waals surface area contributed by atoms with Crippen LogP contribution in [0.1, 0.15) is 19.3 Å². The van der Waals surface area contributed by atoms with E-state index in [0.717, 1.165) is 13.0 Å². The third-order valence-corrected chi connectivity index (χ3v) is 3.74. The lowest BCUT2D eigenvalue weighted by atomic mass is 10.1. The number of pyridine rings is 1. The zero-order valence-electron chi connectivity index (χ0n) is 10.2. The monoisotopic (exact) mass is 283 g/mol. The molecule has 1 aromatic rings. The van der Waals surface area contributed by atoms with Gasteiger partial charge in [-0.15, -0.1) is 0 Å². The lowest BCUT2D eigenvalue weighted by molar-refractivity contribution is -0.384. The maximum absolute atomic E-state index is 10.8. The molecule has 2 unspecified atom stereocenters. The third kappa shape index (κ3) is 2.79. The van der Waals surface area contributed by atoms with Gasteiger partial charge in [-0.3, -0.25) is 10.1 Å². The zero-order valence-corrected chi connectivity index (χ0v) is 11.0. The van der Waals surface area contributed by atoms with Crippen LogP contribution >= 0.6 is 11.6 Å². The van der Waals surface area contributed by atoms with Gasteiger partial charge in [0.25, 0.3) is 5.69 Å². The molecular formula is C12H14ClN3O3. The summed E-state index contributed by atoms with van der Waals surface area (Å²) in [7, 11) is 0. The van der Waals surface area contributed by atoms with Crippen molar-refractivity contribution in [2.24, 2.45) is 5.92 Å². The van der Waals surface area contributed by atoms with Gasteiger partial charge < -0.3 is 10.1 Å². The van der Waals surface area contributed by atoms with E-state index in [-0.39, 0.29) is 23.0 Å². The summed E-state index contributed by atoms with van der Waals surface area (Å²) >= 11 is 5.80. The second-order valence-electron chi connectivity index (χ2n) is 5.00. The third-order valence-electron chi connectivity index (χ3n) is 3.55. The molecule has 7 heteroatoms. The molecule has 6 nitrogen and oxygen atoms in total. The van der Waals surface area contributed by atoms with E-state index in [0.29, 0.717) is 11.7 Å². The summed E-state index contributed by atoms with van der Waals surface area (Å²) < 4.78 is 5.71. The van der Waals surface area contributed by atoms with Crippen LogP contribution in [-0.2, 0) is 4.74 Å². The molecule has 2 heterocycles. The first kappa shape index (κ1) is 12.6. The van der Waals surface area contributed by atoms with E-state index in [4.69, 9.17) is 16.3 Å². The number of hydrogen-bond acceptors (Lipinski definition) is 5. The first-order valence-corrected chi connectivity index (χ1v) is 6.71. The molecule has 2 fully saturated rings. The molecule has 3 rings (SSSR count). The Morgan fingerprint density at radius 2 is 2.21 bits per heavy atom. The van der Waals surface area contributed by atoms with E-state index >= 15 is 0 Å². The molecule has 0 amide bonds. The van der Waals surface area contributed by atoms with E-state index in [1.54, 1.807) is 0 Å². The van der Waals surface area contributed by atoms with E-state index in [2.05, 4.69) is 10.3 Å². The number of halogens is 1. The number of aromatic nitrogens is 1. The van der Waals surface area contributed by atoms with Gasteiger partial charge in [0, 0.05) is 6.61 Å². The number of hydrogen-bond donors (Lipinski definition) is 1. The van der Waals surface area contributed by atoms with Crippen molar-refractivity contribution >= 4 is 23.1 Å². The first-order valence-electron chi connectivity index (χ1n) is 6.33. The fraction of sp³-hybridized carbons (Fsp3) is 0.583. The first-order chi connectivity index (χ1) is 9.13. The Morgan fingerprint density at radius 3 is 2.89 bits per heavy atom. The number of nitro groups is 1. The Labute approximate surface area is 115 Å². The molecule has 0 aromatic carbocycles. The smallest absolute Gasteiger partial charge is 0.276 e. The van der Waals surface area contributed by atoms with E-state index < -0.39 is 4.92 Å². The highest BCUT2D eigenvalue weighted by atomic mass is 35.5. The molecule has 2 aliphatic rings. The van der Waals surface area contributed by atoms with E-state index in [9.17, 15) is 10.1 Å². The molecule has 102 valence electrons. The lowest BCUT2D eigenvalue weighted by Gasteiger charge is -2.19. The van der Waals surface area contributed by atoms with Crippen molar-refractivity contribution in [3.8, 4) is 0 Å². The van der Waals surface area contributed by atoms with Crippen molar-refractivity contribution in [2.75, 3.05) is 11.9 Å². The van der Waals surface area contributed by atoms with Crippen LogP contribution < -0.4 is 5.32 Å². The van der Waals surface area contributed by atoms with Gasteiger partial charge in [0.15, 0.2) is 0 Å². The molecule has 1 saturated carbocycles. The minimum absolute atomic E-state index is 0.0515. The van der Waals surface area contributed by atoms with Crippen LogP contribution in [0.3, 0.4) is 0 Å². The maximum atomic E-state index is 10.8. The highest BCUT2D eigenvalue weighted by molar-refractivity contribution is 6.29. The van der Waals surface area contributed by atoms with Crippen LogP contribution in [0.15, 0.2) is 12.1 Å². The molecule has 1 aliphatic carbocycles. The SMILES string of the molecule is O=[N+]([O-])c1cc(Cl)nc(NC2CCOC2C2CC2)c1. The van der Waals surface area contributed by atoms with Gasteiger partial charge in [-0.05, 0) is 25.2 Å². The second kappa shape index (κ2) is 4.94. The highest BCUT2D eigenvalue weighted by Gasteiger charge is 2.40. The number of nitrogens with one attached hydrogen (secondary N) is 1. The van der Waals surface area contributed by atoms with Gasteiger partial charge in [-0.25, -0.2) is 4.98 Å². The summed E-state index contributed by atoms with van der Waals surface area (Å²) in [5.74, 6) is 1.06. The minimum atomic E-state index is -0.470. The van der Waals surface area contributed by atoms with Crippen molar-refractivity contribution in [3.05, 3.63) is 27.4 Å². The van der Waals surface area contributed by atoms with Gasteiger partial charge in [0.1, 0.15) is 11.0 Å². The highest BCUT2D eigenvalue weighted by Crippen LogP contribution is 2.39. The Bertz CT molecular complexity index is 507. The summed E-state index contributed by atoms with van der Waals surface area (Å²) in [6.45, 7) is 0.724. The molecule has 1 N–H and O–H groups in total. The summed E-state index contributed by atoms with van der Waals surface area (Å²) in [5.41, 5.74) is -0.0515. The van der Waals surface area contributed by atoms with Gasteiger partial charge >= 0.3 is 0 Å². The normalized spacial score (nSPS) is 26.4. The molecule has 0 bridgehead atoms. The molecular weight excluding hydrogens is 270 g/mol. The molecule has 0 radical (unpaired) electrons. The van der Waals surface area contributed by atoms with Gasteiger partial charge in [-0.2, -0.15) is 0 Å². The van der Waals surface area contributed by atoms with Gasteiger partial charge in [0.05, 0.1) is 29.2 Å². The van der Waals surface area contributed by atoms with Crippen LogP contribution in [0.4, 0.5) is 11.5 Å². The standard InChI is InChI=1S/C12H14ClN3O3/c13-10-5-8(16(17)18)6-11(15-10)14-9-3-4-19-12(9)7-1-2-7/h5-7,9,12H,1-4H2,(H,14,15). The number of nitrogens with zero attached hydrogens (tertiary/aromatic N) is 2. The maximum Gasteiger partial charge on any atom is 0.276 e. The van der Waals surface area contributed by atoms with Crippen molar-refractivity contribution in [2.45, 2.75) is 31.4 Å². The molecule has 1 saturated heterocycles. The fourth-order valence-electron chi connectivity index (χ4n) is 2.51. The zero-order chi connectivity index (χ0) is 13.4. The van der Waals surface area contributed by atoms with Crippen LogP contribution in [0.25, 0.3) is 0 Å². The van der Waals surface area contributed by atoms with Crippen molar-refractivity contribution in [3.63, 3.8) is 0 Å². The fourth-order valence-corrected chi connectivity index (χ4v) is 2.71. The van der Waals surface area contributed by atoms with Crippen molar-refractivity contribution in [1.82, 2.24) is 4.98 Å². The summed E-state index contributed by atoms with van der Waals surface area (Å²) in [6.07, 6.45) is 3.49. The molecule has 19 heavy (non-hydrogen) atoms. The average Bonchev–Trinajstić information content (AvgIpc) is 3.10. The van der Waals surface area contributed by atoms with Crippen molar-refractivity contribution in [1.29, 1.82) is 0 Å². The van der Waals surface area contributed by atoms with Crippen LogP contribution in [0.2, 0.25) is 5.15 Å². The van der Waals surface area contributed by atoms with Crippen LogP contribution in [0.5, 0.6) is 0 Å². The average molecular weight is 284 g/mol. The number of anilines is 1. The summed E-state index contributed by atoms with van der Waals surface area (Å²) in [5, 5.41) is 14.1. The Hall–Kier alpha value is -1.40. The van der Waals surface area contributed by atoms with Crippen LogP contribution in [-0.4, -0.2) is 28.7 Å². The predicted molar refractivity (Wildman–Crippen MR) is 70.4 cm³/mol. The minimum Gasteiger partial charge on any atom is -0.376 e. The van der Waals surface area contributed by atoms with E-state index in [1.807, 2.05) is 0 Å². The Kier molecular flexibility index (Phi) is 3.28. The molecule has 0 spiro atoms. The quantitative estimate of drug-likeness (QED) is 0.522. The topological polar surface area (TPSA) is 77.3 Å². The number of rotatable bonds is 4. The number of ether oxygens (including phenoxy) is 1. The van der Waals surface area contributed by atoms with Crippen LogP contribution in [0, 0.1) is 16.0 Å². The van der Waals surface area contributed by atoms with Crippen molar-refractivity contribution < 1.29 is 9.66 Å². The molecule has 1 aromatic heterocycles.